The van der Waals surface area contributed by atoms with Gasteiger partial charge in [0.05, 0.1) is 19.4 Å². The Labute approximate surface area is 133 Å². The lowest BCUT2D eigenvalue weighted by molar-refractivity contribution is -0.121. The minimum absolute atomic E-state index is 0.0474. The number of carbonyl (C=O) groups is 1. The van der Waals surface area contributed by atoms with Crippen LogP contribution < -0.4 is 10.1 Å². The lowest BCUT2D eigenvalue weighted by Crippen LogP contribution is -2.25. The molecule has 124 valence electrons. The fraction of sp³-hybridized carbons (Fsp3) is 0.357. The normalized spacial score (nSPS) is 11.2. The SMILES string of the molecule is COc1ccc(-c2noc(CNC(=O)CCS(C)(=O)=O)n2)cc1. The van der Waals surface area contributed by atoms with E-state index in [9.17, 15) is 13.2 Å². The number of methoxy groups -OCH3 is 1. The number of sulfone groups is 1. The summed E-state index contributed by atoms with van der Waals surface area (Å²) in [6.45, 7) is 0.0474. The number of ether oxygens (including phenoxy) is 1. The van der Waals surface area contributed by atoms with Crippen molar-refractivity contribution in [1.82, 2.24) is 15.5 Å². The van der Waals surface area contributed by atoms with E-state index in [-0.39, 0.29) is 30.5 Å². The van der Waals surface area contributed by atoms with Crippen LogP contribution in [0, 0.1) is 0 Å². The van der Waals surface area contributed by atoms with E-state index in [1.54, 1.807) is 31.4 Å². The standard InChI is InChI=1S/C14H17N3O5S/c1-21-11-5-3-10(4-6-11)14-16-13(22-17-14)9-15-12(18)7-8-23(2,19)20/h3-6H,7-9H2,1-2H3,(H,15,18). The maximum atomic E-state index is 11.5. The molecule has 8 nitrogen and oxygen atoms in total. The predicted octanol–water partition coefficient (Wildman–Crippen LogP) is 0.796. The largest absolute Gasteiger partial charge is 0.497 e. The first kappa shape index (κ1) is 16.9. The van der Waals surface area contributed by atoms with E-state index in [0.717, 1.165) is 17.6 Å². The second-order valence-electron chi connectivity index (χ2n) is 4.90. The van der Waals surface area contributed by atoms with Gasteiger partial charge >= 0.3 is 0 Å². The average molecular weight is 339 g/mol. The first-order valence-electron chi connectivity index (χ1n) is 6.79. The molecule has 0 radical (unpaired) electrons. The molecular formula is C14H17N3O5S. The van der Waals surface area contributed by atoms with E-state index >= 15 is 0 Å². The van der Waals surface area contributed by atoms with E-state index < -0.39 is 9.84 Å². The van der Waals surface area contributed by atoms with Crippen molar-refractivity contribution in [3.63, 3.8) is 0 Å². The van der Waals surface area contributed by atoms with Gasteiger partial charge in [0.2, 0.25) is 17.6 Å². The highest BCUT2D eigenvalue weighted by Crippen LogP contribution is 2.19. The molecule has 1 aromatic heterocycles. The molecule has 0 saturated carbocycles. The zero-order chi connectivity index (χ0) is 16.9. The number of nitrogens with zero attached hydrogens (tertiary/aromatic N) is 2. The molecule has 0 bridgehead atoms. The molecule has 0 spiro atoms. The molecule has 0 fully saturated rings. The van der Waals surface area contributed by atoms with Gasteiger partial charge in [-0.1, -0.05) is 5.16 Å². The fourth-order valence-corrected chi connectivity index (χ4v) is 2.28. The van der Waals surface area contributed by atoms with Crippen LogP contribution in [0.2, 0.25) is 0 Å². The van der Waals surface area contributed by atoms with Crippen molar-refractivity contribution < 1.29 is 22.5 Å². The number of carbonyl (C=O) groups excluding carboxylic acids is 1. The van der Waals surface area contributed by atoms with Gasteiger partial charge in [0.1, 0.15) is 15.6 Å². The Morgan fingerprint density at radius 3 is 2.61 bits per heavy atom. The molecule has 9 heteroatoms. The third-order valence-corrected chi connectivity index (χ3v) is 3.90. The lowest BCUT2D eigenvalue weighted by Gasteiger charge is -2.01. The first-order chi connectivity index (χ1) is 10.9. The molecular weight excluding hydrogens is 322 g/mol. The number of hydrogen-bond acceptors (Lipinski definition) is 7. The summed E-state index contributed by atoms with van der Waals surface area (Å²) in [6, 6.07) is 7.13. The van der Waals surface area contributed by atoms with Gasteiger partial charge in [0, 0.05) is 18.2 Å². The van der Waals surface area contributed by atoms with Crippen molar-refractivity contribution >= 4 is 15.7 Å². The van der Waals surface area contributed by atoms with Crippen molar-refractivity contribution in [2.24, 2.45) is 0 Å². The summed E-state index contributed by atoms with van der Waals surface area (Å²) in [6.07, 6.45) is 0.984. The average Bonchev–Trinajstić information content (AvgIpc) is 2.99. The van der Waals surface area contributed by atoms with Crippen LogP contribution in [-0.4, -0.2) is 43.6 Å². The van der Waals surface area contributed by atoms with Crippen molar-refractivity contribution in [3.05, 3.63) is 30.2 Å². The van der Waals surface area contributed by atoms with Crippen LogP contribution in [-0.2, 0) is 21.2 Å². The predicted molar refractivity (Wildman–Crippen MR) is 82.5 cm³/mol. The molecule has 0 atom stereocenters. The highest BCUT2D eigenvalue weighted by atomic mass is 32.2. The summed E-state index contributed by atoms with van der Waals surface area (Å²) < 4.78 is 32.1. The Morgan fingerprint density at radius 2 is 2.00 bits per heavy atom. The Bertz CT molecular complexity index is 768. The molecule has 0 saturated heterocycles. The molecule has 1 aromatic carbocycles. The van der Waals surface area contributed by atoms with Gasteiger partial charge in [0.15, 0.2) is 0 Å². The topological polar surface area (TPSA) is 111 Å². The molecule has 2 rings (SSSR count). The van der Waals surface area contributed by atoms with Crippen molar-refractivity contribution in [1.29, 1.82) is 0 Å². The van der Waals surface area contributed by atoms with Crippen LogP contribution in [0.3, 0.4) is 0 Å². The van der Waals surface area contributed by atoms with Crippen molar-refractivity contribution in [3.8, 4) is 17.1 Å². The highest BCUT2D eigenvalue weighted by Gasteiger charge is 2.11. The van der Waals surface area contributed by atoms with Gasteiger partial charge in [-0.25, -0.2) is 8.42 Å². The molecule has 0 aliphatic rings. The quantitative estimate of drug-likeness (QED) is 0.794. The number of nitrogens with one attached hydrogen (secondary N) is 1. The maximum absolute atomic E-state index is 11.5. The van der Waals surface area contributed by atoms with Gasteiger partial charge in [-0.15, -0.1) is 0 Å². The lowest BCUT2D eigenvalue weighted by atomic mass is 10.2. The monoisotopic (exact) mass is 339 g/mol. The summed E-state index contributed by atoms with van der Waals surface area (Å²) in [5.41, 5.74) is 0.754. The number of benzene rings is 1. The van der Waals surface area contributed by atoms with Gasteiger partial charge in [-0.05, 0) is 24.3 Å². The molecule has 1 N–H and O–H groups in total. The molecule has 0 aliphatic heterocycles. The van der Waals surface area contributed by atoms with Gasteiger partial charge in [-0.3, -0.25) is 4.79 Å². The highest BCUT2D eigenvalue weighted by molar-refractivity contribution is 7.90. The van der Waals surface area contributed by atoms with Gasteiger partial charge in [0.25, 0.3) is 0 Å². The van der Waals surface area contributed by atoms with Crippen LogP contribution in [0.1, 0.15) is 12.3 Å². The van der Waals surface area contributed by atoms with Gasteiger partial charge < -0.3 is 14.6 Å². The number of amides is 1. The van der Waals surface area contributed by atoms with Crippen LogP contribution in [0.5, 0.6) is 5.75 Å². The summed E-state index contributed by atoms with van der Waals surface area (Å²) in [5, 5.41) is 6.37. The van der Waals surface area contributed by atoms with Gasteiger partial charge in [-0.2, -0.15) is 4.98 Å². The van der Waals surface area contributed by atoms with E-state index in [2.05, 4.69) is 15.5 Å². The third-order valence-electron chi connectivity index (χ3n) is 2.95. The van der Waals surface area contributed by atoms with Crippen LogP contribution >= 0.6 is 0 Å². The number of aromatic nitrogens is 2. The van der Waals surface area contributed by atoms with E-state index in [4.69, 9.17) is 9.26 Å². The molecule has 2 aromatic rings. The maximum Gasteiger partial charge on any atom is 0.246 e. The zero-order valence-corrected chi connectivity index (χ0v) is 13.6. The van der Waals surface area contributed by atoms with E-state index in [0.29, 0.717) is 5.82 Å². The number of hydrogen-bond donors (Lipinski definition) is 1. The van der Waals surface area contributed by atoms with Crippen molar-refractivity contribution in [2.75, 3.05) is 19.1 Å². The molecule has 0 unspecified atom stereocenters. The minimum atomic E-state index is -3.16. The Kier molecular flexibility index (Phi) is 5.32. The van der Waals surface area contributed by atoms with Crippen molar-refractivity contribution in [2.45, 2.75) is 13.0 Å². The van der Waals surface area contributed by atoms with E-state index in [1.807, 2.05) is 0 Å². The molecule has 1 heterocycles. The molecule has 1 amide bonds. The van der Waals surface area contributed by atoms with Crippen LogP contribution in [0.25, 0.3) is 11.4 Å². The summed E-state index contributed by atoms with van der Waals surface area (Å²) in [7, 11) is -1.59. The smallest absolute Gasteiger partial charge is 0.246 e. The third kappa shape index (κ3) is 5.37. The summed E-state index contributed by atoms with van der Waals surface area (Å²) >= 11 is 0. The van der Waals surface area contributed by atoms with Crippen LogP contribution in [0.4, 0.5) is 0 Å². The Balaban J connectivity index is 1.90. The number of rotatable bonds is 7. The second kappa shape index (κ2) is 7.23. The van der Waals surface area contributed by atoms with Crippen LogP contribution in [0.15, 0.2) is 28.8 Å². The zero-order valence-electron chi connectivity index (χ0n) is 12.8. The summed E-state index contributed by atoms with van der Waals surface area (Å²) in [4.78, 5) is 15.7. The van der Waals surface area contributed by atoms with E-state index in [1.165, 1.54) is 0 Å². The summed E-state index contributed by atoms with van der Waals surface area (Å²) in [5.74, 6) is 0.770. The fourth-order valence-electron chi connectivity index (χ4n) is 1.72. The first-order valence-corrected chi connectivity index (χ1v) is 8.85. The minimum Gasteiger partial charge on any atom is -0.497 e. The Hall–Kier alpha value is -2.42. The second-order valence-corrected chi connectivity index (χ2v) is 7.16. The molecule has 23 heavy (non-hydrogen) atoms. The Morgan fingerprint density at radius 1 is 1.30 bits per heavy atom. The molecule has 0 aliphatic carbocycles.